The molecule has 2 aliphatic rings. The fraction of sp³-hybridized carbons (Fsp3) is 0.929. The lowest BCUT2D eigenvalue weighted by Gasteiger charge is -2.29. The second-order valence-corrected chi connectivity index (χ2v) is 5.89. The molecule has 20 heavy (non-hydrogen) atoms. The van der Waals surface area contributed by atoms with Crippen molar-refractivity contribution >= 4 is 18.3 Å². The fourth-order valence-corrected chi connectivity index (χ4v) is 3.21. The summed E-state index contributed by atoms with van der Waals surface area (Å²) < 4.78 is 5.34. The van der Waals surface area contributed by atoms with Crippen LogP contribution in [0.25, 0.3) is 0 Å². The van der Waals surface area contributed by atoms with E-state index in [-0.39, 0.29) is 36.4 Å². The molecule has 1 saturated heterocycles. The van der Waals surface area contributed by atoms with E-state index in [9.17, 15) is 9.90 Å². The number of ether oxygens (including phenoxy) is 1. The first-order chi connectivity index (χ1) is 9.24. The Bertz CT molecular complexity index is 290. The van der Waals surface area contributed by atoms with Crippen molar-refractivity contribution in [3.63, 3.8) is 0 Å². The number of nitrogens with one attached hydrogen (secondary N) is 2. The van der Waals surface area contributed by atoms with Gasteiger partial charge in [0.05, 0.1) is 13.2 Å². The largest absolute Gasteiger partial charge is 0.396 e. The number of halogens is 1. The number of hydrogen-bond acceptors (Lipinski definition) is 4. The number of morpholine rings is 1. The van der Waals surface area contributed by atoms with Crippen molar-refractivity contribution in [1.29, 1.82) is 0 Å². The number of carbonyl (C=O) groups excluding carboxylic acids is 1. The van der Waals surface area contributed by atoms with Gasteiger partial charge in [-0.3, -0.25) is 4.79 Å². The summed E-state index contributed by atoms with van der Waals surface area (Å²) in [5.74, 6) is 0.0900. The number of hydrogen-bond donors (Lipinski definition) is 3. The van der Waals surface area contributed by atoms with E-state index < -0.39 is 0 Å². The predicted octanol–water partition coefficient (Wildman–Crippen LogP) is 0.846. The Morgan fingerprint density at radius 3 is 2.75 bits per heavy atom. The molecule has 1 amide bonds. The minimum absolute atomic E-state index is 0. The van der Waals surface area contributed by atoms with Crippen LogP contribution in [0.15, 0.2) is 0 Å². The van der Waals surface area contributed by atoms with Gasteiger partial charge in [0.25, 0.3) is 0 Å². The summed E-state index contributed by atoms with van der Waals surface area (Å²) >= 11 is 0. The van der Waals surface area contributed by atoms with Gasteiger partial charge in [-0.25, -0.2) is 0 Å². The third-order valence-corrected chi connectivity index (χ3v) is 4.40. The Kier molecular flexibility index (Phi) is 7.80. The highest BCUT2D eigenvalue weighted by Gasteiger charge is 2.33. The van der Waals surface area contributed by atoms with Gasteiger partial charge in [-0.1, -0.05) is 12.8 Å². The van der Waals surface area contributed by atoms with Gasteiger partial charge in [-0.05, 0) is 24.7 Å². The molecule has 0 aromatic heterocycles. The number of amides is 1. The van der Waals surface area contributed by atoms with E-state index in [0.717, 1.165) is 32.4 Å². The zero-order chi connectivity index (χ0) is 13.6. The van der Waals surface area contributed by atoms with Crippen molar-refractivity contribution in [2.45, 2.75) is 44.6 Å². The second kappa shape index (κ2) is 8.82. The summed E-state index contributed by atoms with van der Waals surface area (Å²) in [4.78, 5) is 11.9. The maximum Gasteiger partial charge on any atom is 0.221 e. The molecule has 118 valence electrons. The molecule has 5 nitrogen and oxygen atoms in total. The molecule has 0 radical (unpaired) electrons. The Balaban J connectivity index is 0.00000200. The van der Waals surface area contributed by atoms with Crippen molar-refractivity contribution in [2.75, 3.05) is 32.9 Å². The molecule has 1 saturated carbocycles. The maximum atomic E-state index is 11.9. The van der Waals surface area contributed by atoms with Gasteiger partial charge >= 0.3 is 0 Å². The van der Waals surface area contributed by atoms with Gasteiger partial charge in [-0.2, -0.15) is 0 Å². The third-order valence-electron chi connectivity index (χ3n) is 4.40. The Labute approximate surface area is 127 Å². The molecule has 2 rings (SSSR count). The van der Waals surface area contributed by atoms with E-state index in [1.165, 1.54) is 12.8 Å². The summed E-state index contributed by atoms with van der Waals surface area (Å²) in [5, 5.41) is 15.5. The maximum absolute atomic E-state index is 11.9. The third kappa shape index (κ3) is 5.20. The number of rotatable bonds is 6. The van der Waals surface area contributed by atoms with E-state index >= 15 is 0 Å². The van der Waals surface area contributed by atoms with Gasteiger partial charge in [0.2, 0.25) is 5.91 Å². The second-order valence-electron chi connectivity index (χ2n) is 5.89. The van der Waals surface area contributed by atoms with Crippen LogP contribution in [0.3, 0.4) is 0 Å². The van der Waals surface area contributed by atoms with Crippen LogP contribution in [0.4, 0.5) is 0 Å². The SMILES string of the molecule is Cl.O=C(CC1COCCN1)NCC1(CCO)CCCC1. The van der Waals surface area contributed by atoms with Crippen molar-refractivity contribution in [3.05, 3.63) is 0 Å². The molecule has 0 aromatic carbocycles. The smallest absolute Gasteiger partial charge is 0.221 e. The van der Waals surface area contributed by atoms with E-state index in [1.54, 1.807) is 0 Å². The number of aliphatic hydroxyl groups is 1. The molecule has 0 bridgehead atoms. The van der Waals surface area contributed by atoms with Crippen molar-refractivity contribution in [2.24, 2.45) is 5.41 Å². The summed E-state index contributed by atoms with van der Waals surface area (Å²) in [5.41, 5.74) is 0.140. The first-order valence-electron chi connectivity index (χ1n) is 7.43. The average Bonchev–Trinajstić information content (AvgIpc) is 2.87. The van der Waals surface area contributed by atoms with Gasteiger partial charge in [0.15, 0.2) is 0 Å². The van der Waals surface area contributed by atoms with Crippen LogP contribution in [-0.2, 0) is 9.53 Å². The zero-order valence-corrected chi connectivity index (χ0v) is 12.8. The molecular weight excluding hydrogens is 280 g/mol. The van der Waals surface area contributed by atoms with Gasteiger partial charge in [0, 0.05) is 32.2 Å². The first-order valence-corrected chi connectivity index (χ1v) is 7.43. The van der Waals surface area contributed by atoms with Crippen LogP contribution in [0, 0.1) is 5.41 Å². The lowest BCUT2D eigenvalue weighted by Crippen LogP contribution is -2.45. The van der Waals surface area contributed by atoms with Gasteiger partial charge in [0.1, 0.15) is 0 Å². The van der Waals surface area contributed by atoms with Crippen LogP contribution in [0.1, 0.15) is 38.5 Å². The molecule has 3 N–H and O–H groups in total. The number of aliphatic hydroxyl groups excluding tert-OH is 1. The first kappa shape index (κ1) is 17.7. The molecule has 6 heteroatoms. The highest BCUT2D eigenvalue weighted by Crippen LogP contribution is 2.40. The zero-order valence-electron chi connectivity index (χ0n) is 12.0. The van der Waals surface area contributed by atoms with Crippen LogP contribution < -0.4 is 10.6 Å². The molecule has 0 spiro atoms. The van der Waals surface area contributed by atoms with Crippen molar-refractivity contribution in [1.82, 2.24) is 10.6 Å². The highest BCUT2D eigenvalue weighted by molar-refractivity contribution is 5.85. The summed E-state index contributed by atoms with van der Waals surface area (Å²) in [7, 11) is 0. The van der Waals surface area contributed by atoms with Crippen molar-refractivity contribution in [3.8, 4) is 0 Å². The molecule has 1 atom stereocenters. The normalized spacial score (nSPS) is 24.9. The average molecular weight is 307 g/mol. The van der Waals surface area contributed by atoms with Crippen LogP contribution in [0.5, 0.6) is 0 Å². The van der Waals surface area contributed by atoms with E-state index in [0.29, 0.717) is 19.6 Å². The highest BCUT2D eigenvalue weighted by atomic mass is 35.5. The quantitative estimate of drug-likeness (QED) is 0.680. The van der Waals surface area contributed by atoms with Crippen LogP contribution >= 0.6 is 12.4 Å². The molecule has 1 aliphatic heterocycles. The minimum atomic E-state index is 0. The van der Waals surface area contributed by atoms with E-state index in [2.05, 4.69) is 10.6 Å². The van der Waals surface area contributed by atoms with Crippen LogP contribution in [-0.4, -0.2) is 50.0 Å². The molecule has 1 unspecified atom stereocenters. The molecule has 0 aromatic rings. The minimum Gasteiger partial charge on any atom is -0.396 e. The number of carbonyl (C=O) groups is 1. The van der Waals surface area contributed by atoms with Crippen LogP contribution in [0.2, 0.25) is 0 Å². The summed E-state index contributed by atoms with van der Waals surface area (Å²) in [6.45, 7) is 3.10. The van der Waals surface area contributed by atoms with E-state index in [1.807, 2.05) is 0 Å². The standard InChI is InChI=1S/C14H26N2O3.ClH/c17-7-5-14(3-1-2-4-14)11-16-13(18)9-12-10-19-8-6-15-12;/h12,15,17H,1-11H2,(H,16,18);1H. The summed E-state index contributed by atoms with van der Waals surface area (Å²) in [6, 6.07) is 0.145. The fourth-order valence-electron chi connectivity index (χ4n) is 3.21. The lowest BCUT2D eigenvalue weighted by atomic mass is 9.83. The van der Waals surface area contributed by atoms with Gasteiger partial charge in [-0.15, -0.1) is 12.4 Å². The topological polar surface area (TPSA) is 70.6 Å². The molecule has 2 fully saturated rings. The van der Waals surface area contributed by atoms with Gasteiger partial charge < -0.3 is 20.5 Å². The Hall–Kier alpha value is -0.360. The lowest BCUT2D eigenvalue weighted by molar-refractivity contribution is -0.122. The molecule has 1 aliphatic carbocycles. The summed E-state index contributed by atoms with van der Waals surface area (Å²) in [6.07, 6.45) is 5.96. The van der Waals surface area contributed by atoms with Crippen molar-refractivity contribution < 1.29 is 14.6 Å². The monoisotopic (exact) mass is 306 g/mol. The Morgan fingerprint density at radius 2 is 2.15 bits per heavy atom. The molecular formula is C14H27ClN2O3. The molecule has 1 heterocycles. The Morgan fingerprint density at radius 1 is 1.40 bits per heavy atom. The predicted molar refractivity (Wildman–Crippen MR) is 80.1 cm³/mol. The van der Waals surface area contributed by atoms with E-state index in [4.69, 9.17) is 4.74 Å².